The first-order chi connectivity index (χ1) is 7.65. The molecule has 0 amide bonds. The summed E-state index contributed by atoms with van der Waals surface area (Å²) in [6, 6.07) is 7.06. The fourth-order valence-electron chi connectivity index (χ4n) is 1.48. The number of hydrogen-bond acceptors (Lipinski definition) is 3. The molecule has 0 saturated carbocycles. The van der Waals surface area contributed by atoms with Crippen molar-refractivity contribution in [2.24, 2.45) is 0 Å². The van der Waals surface area contributed by atoms with Gasteiger partial charge in [0.2, 0.25) is 0 Å². The van der Waals surface area contributed by atoms with E-state index in [2.05, 4.69) is 0 Å². The van der Waals surface area contributed by atoms with Gasteiger partial charge in [-0.1, -0.05) is 18.2 Å². The lowest BCUT2D eigenvalue weighted by molar-refractivity contribution is 0.0694. The molecule has 0 bridgehead atoms. The van der Waals surface area contributed by atoms with E-state index in [0.29, 0.717) is 18.7 Å². The third-order valence-corrected chi connectivity index (χ3v) is 2.37. The molecule has 0 aliphatic rings. The van der Waals surface area contributed by atoms with Crippen LogP contribution >= 0.6 is 0 Å². The average Bonchev–Trinajstić information content (AvgIpc) is 2.27. The topological polar surface area (TPSA) is 49.8 Å². The fraction of sp³-hybridized carbons (Fsp3) is 0.417. The van der Waals surface area contributed by atoms with E-state index in [1.165, 1.54) is 0 Å². The molecule has 0 aromatic heterocycles. The SMILES string of the molecule is COCCN(C)Cc1ccccc1C(=O)O. The third kappa shape index (κ3) is 3.64. The third-order valence-electron chi connectivity index (χ3n) is 2.37. The monoisotopic (exact) mass is 223 g/mol. The van der Waals surface area contributed by atoms with Gasteiger partial charge in [-0.3, -0.25) is 4.90 Å². The summed E-state index contributed by atoms with van der Waals surface area (Å²) < 4.78 is 4.97. The molecule has 4 nitrogen and oxygen atoms in total. The molecule has 4 heteroatoms. The molecule has 0 atom stereocenters. The summed E-state index contributed by atoms with van der Waals surface area (Å²) in [6.45, 7) is 2.04. The van der Waals surface area contributed by atoms with E-state index in [9.17, 15) is 4.79 Å². The molecule has 1 aromatic carbocycles. The van der Waals surface area contributed by atoms with Gasteiger partial charge >= 0.3 is 5.97 Å². The molecule has 88 valence electrons. The summed E-state index contributed by atoms with van der Waals surface area (Å²) in [7, 11) is 3.59. The molecule has 0 spiro atoms. The summed E-state index contributed by atoms with van der Waals surface area (Å²) in [5, 5.41) is 9.01. The van der Waals surface area contributed by atoms with Crippen LogP contribution in [0.3, 0.4) is 0 Å². The fourth-order valence-corrected chi connectivity index (χ4v) is 1.48. The molecule has 1 N–H and O–H groups in total. The van der Waals surface area contributed by atoms with E-state index in [-0.39, 0.29) is 0 Å². The summed E-state index contributed by atoms with van der Waals surface area (Å²) in [5.41, 5.74) is 1.19. The Labute approximate surface area is 95.5 Å². The Morgan fingerprint density at radius 2 is 2.12 bits per heavy atom. The predicted octanol–water partition coefficient (Wildman–Crippen LogP) is 1.46. The highest BCUT2D eigenvalue weighted by molar-refractivity contribution is 5.89. The van der Waals surface area contributed by atoms with Crippen LogP contribution in [0, 0.1) is 0 Å². The molecule has 1 rings (SSSR count). The van der Waals surface area contributed by atoms with Crippen molar-refractivity contribution >= 4 is 5.97 Å². The van der Waals surface area contributed by atoms with Crippen molar-refractivity contribution in [1.29, 1.82) is 0 Å². The first-order valence-corrected chi connectivity index (χ1v) is 5.14. The number of benzene rings is 1. The number of likely N-dealkylation sites (N-methyl/N-ethyl adjacent to an activating group) is 1. The van der Waals surface area contributed by atoms with Gasteiger partial charge in [0.15, 0.2) is 0 Å². The van der Waals surface area contributed by atoms with E-state index in [0.717, 1.165) is 12.1 Å². The zero-order chi connectivity index (χ0) is 12.0. The van der Waals surface area contributed by atoms with Gasteiger partial charge in [0, 0.05) is 20.2 Å². The van der Waals surface area contributed by atoms with Crippen molar-refractivity contribution in [3.63, 3.8) is 0 Å². The molecule has 0 fully saturated rings. The Bertz CT molecular complexity index is 352. The molecule has 0 heterocycles. The van der Waals surface area contributed by atoms with Crippen molar-refractivity contribution in [3.8, 4) is 0 Å². The van der Waals surface area contributed by atoms with Gasteiger partial charge in [0.1, 0.15) is 0 Å². The molecule has 16 heavy (non-hydrogen) atoms. The summed E-state index contributed by atoms with van der Waals surface area (Å²) in [5.74, 6) is -0.879. The Morgan fingerprint density at radius 3 is 2.75 bits per heavy atom. The molecule has 0 aliphatic carbocycles. The average molecular weight is 223 g/mol. The van der Waals surface area contributed by atoms with Gasteiger partial charge in [-0.15, -0.1) is 0 Å². The molecular formula is C12H17NO3. The highest BCUT2D eigenvalue weighted by Gasteiger charge is 2.10. The number of nitrogens with zero attached hydrogens (tertiary/aromatic N) is 1. The lowest BCUT2D eigenvalue weighted by atomic mass is 10.1. The van der Waals surface area contributed by atoms with Crippen LogP contribution in [-0.4, -0.2) is 43.3 Å². The van der Waals surface area contributed by atoms with Gasteiger partial charge < -0.3 is 9.84 Å². The quantitative estimate of drug-likeness (QED) is 0.793. The minimum atomic E-state index is -0.879. The van der Waals surface area contributed by atoms with Crippen LogP contribution in [-0.2, 0) is 11.3 Å². The lowest BCUT2D eigenvalue weighted by Crippen LogP contribution is -2.23. The van der Waals surface area contributed by atoms with Crippen LogP contribution in [0.15, 0.2) is 24.3 Å². The van der Waals surface area contributed by atoms with Crippen LogP contribution in [0.4, 0.5) is 0 Å². The number of carboxylic acid groups (broad SMARTS) is 1. The standard InChI is InChI=1S/C12H17NO3/c1-13(7-8-16-2)9-10-5-3-4-6-11(10)12(14)15/h3-6H,7-9H2,1-2H3,(H,14,15). The summed E-state index contributed by atoms with van der Waals surface area (Å²) >= 11 is 0. The van der Waals surface area contributed by atoms with Crippen LogP contribution in [0.2, 0.25) is 0 Å². The maximum atomic E-state index is 11.0. The van der Waals surface area contributed by atoms with Crippen molar-refractivity contribution in [2.75, 3.05) is 27.3 Å². The smallest absolute Gasteiger partial charge is 0.336 e. The maximum Gasteiger partial charge on any atom is 0.336 e. The number of carboxylic acids is 1. The lowest BCUT2D eigenvalue weighted by Gasteiger charge is -2.17. The van der Waals surface area contributed by atoms with Gasteiger partial charge in [-0.2, -0.15) is 0 Å². The highest BCUT2D eigenvalue weighted by atomic mass is 16.5. The Balaban J connectivity index is 2.69. The minimum absolute atomic E-state index is 0.367. The second-order valence-corrected chi connectivity index (χ2v) is 3.69. The minimum Gasteiger partial charge on any atom is -0.478 e. The van der Waals surface area contributed by atoms with Crippen LogP contribution in [0.5, 0.6) is 0 Å². The largest absolute Gasteiger partial charge is 0.478 e. The predicted molar refractivity (Wildman–Crippen MR) is 61.6 cm³/mol. The van der Waals surface area contributed by atoms with E-state index in [1.54, 1.807) is 19.2 Å². The summed E-state index contributed by atoms with van der Waals surface area (Å²) in [4.78, 5) is 13.0. The Kier molecular flexibility index (Phi) is 4.95. The van der Waals surface area contributed by atoms with E-state index in [1.807, 2.05) is 24.1 Å². The first kappa shape index (κ1) is 12.7. The van der Waals surface area contributed by atoms with Crippen LogP contribution < -0.4 is 0 Å². The molecule has 0 saturated heterocycles. The van der Waals surface area contributed by atoms with Gasteiger partial charge in [0.05, 0.1) is 12.2 Å². The Hall–Kier alpha value is -1.39. The van der Waals surface area contributed by atoms with Gasteiger partial charge in [-0.25, -0.2) is 4.79 Å². The Morgan fingerprint density at radius 1 is 1.44 bits per heavy atom. The van der Waals surface area contributed by atoms with Crippen molar-refractivity contribution < 1.29 is 14.6 Å². The number of hydrogen-bond donors (Lipinski definition) is 1. The second kappa shape index (κ2) is 6.25. The van der Waals surface area contributed by atoms with Crippen molar-refractivity contribution in [1.82, 2.24) is 4.90 Å². The van der Waals surface area contributed by atoms with Crippen LogP contribution in [0.25, 0.3) is 0 Å². The number of aromatic carboxylic acids is 1. The second-order valence-electron chi connectivity index (χ2n) is 3.69. The molecular weight excluding hydrogens is 206 g/mol. The van der Waals surface area contributed by atoms with Crippen LogP contribution in [0.1, 0.15) is 15.9 Å². The zero-order valence-electron chi connectivity index (χ0n) is 9.64. The normalized spacial score (nSPS) is 10.7. The number of carbonyl (C=O) groups is 1. The maximum absolute atomic E-state index is 11.0. The van der Waals surface area contributed by atoms with Gasteiger partial charge in [-0.05, 0) is 18.7 Å². The number of ether oxygens (including phenoxy) is 1. The highest BCUT2D eigenvalue weighted by Crippen LogP contribution is 2.10. The molecule has 1 aromatic rings. The molecule has 0 unspecified atom stereocenters. The van der Waals surface area contributed by atoms with E-state index in [4.69, 9.17) is 9.84 Å². The van der Waals surface area contributed by atoms with E-state index >= 15 is 0 Å². The molecule has 0 aliphatic heterocycles. The molecule has 0 radical (unpaired) electrons. The number of methoxy groups -OCH3 is 1. The van der Waals surface area contributed by atoms with E-state index < -0.39 is 5.97 Å². The summed E-state index contributed by atoms with van der Waals surface area (Å²) in [6.07, 6.45) is 0. The van der Waals surface area contributed by atoms with Crippen molar-refractivity contribution in [2.45, 2.75) is 6.54 Å². The first-order valence-electron chi connectivity index (χ1n) is 5.14. The van der Waals surface area contributed by atoms with Gasteiger partial charge in [0.25, 0.3) is 0 Å². The number of rotatable bonds is 6. The zero-order valence-corrected chi connectivity index (χ0v) is 9.64. The van der Waals surface area contributed by atoms with Crippen molar-refractivity contribution in [3.05, 3.63) is 35.4 Å².